The molecule has 1 aromatic carbocycles. The summed E-state index contributed by atoms with van der Waals surface area (Å²) in [6, 6.07) is 6.35. The molecule has 1 aromatic rings. The number of rotatable bonds is 6. The van der Waals surface area contributed by atoms with Gasteiger partial charge in [0, 0.05) is 6.04 Å². The van der Waals surface area contributed by atoms with Crippen molar-refractivity contribution < 1.29 is 14.0 Å². The summed E-state index contributed by atoms with van der Waals surface area (Å²) in [5.41, 5.74) is 0.823. The van der Waals surface area contributed by atoms with Gasteiger partial charge in [-0.3, -0.25) is 9.59 Å². The maximum absolute atomic E-state index is 13.1. The number of amides is 2. The van der Waals surface area contributed by atoms with Crippen LogP contribution in [0.25, 0.3) is 0 Å². The topological polar surface area (TPSA) is 58.2 Å². The zero-order valence-corrected chi connectivity index (χ0v) is 13.9. The lowest BCUT2D eigenvalue weighted by atomic mass is 9.93. The highest BCUT2D eigenvalue weighted by molar-refractivity contribution is 5.89. The molecule has 2 aliphatic rings. The molecule has 1 atom stereocenters. The molecule has 2 saturated carbocycles. The zero-order valence-electron chi connectivity index (χ0n) is 13.9. The van der Waals surface area contributed by atoms with Gasteiger partial charge in [0.25, 0.3) is 0 Å². The van der Waals surface area contributed by atoms with Crippen molar-refractivity contribution in [3.63, 3.8) is 0 Å². The van der Waals surface area contributed by atoms with Crippen molar-refractivity contribution >= 4 is 11.8 Å². The van der Waals surface area contributed by atoms with E-state index >= 15 is 0 Å². The molecule has 2 aliphatic carbocycles. The molecule has 24 heavy (non-hydrogen) atoms. The third-order valence-corrected chi connectivity index (χ3v) is 5.00. The van der Waals surface area contributed by atoms with Crippen LogP contribution in [0.5, 0.6) is 0 Å². The van der Waals surface area contributed by atoms with E-state index in [9.17, 15) is 14.0 Å². The van der Waals surface area contributed by atoms with E-state index in [0.29, 0.717) is 5.92 Å². The van der Waals surface area contributed by atoms with Crippen LogP contribution in [0.2, 0.25) is 0 Å². The fourth-order valence-electron chi connectivity index (χ4n) is 3.54. The predicted molar refractivity (Wildman–Crippen MR) is 89.9 cm³/mol. The molecule has 2 fully saturated rings. The van der Waals surface area contributed by atoms with Crippen molar-refractivity contribution in [3.05, 3.63) is 35.6 Å². The van der Waals surface area contributed by atoms with Gasteiger partial charge in [0.1, 0.15) is 5.82 Å². The van der Waals surface area contributed by atoms with E-state index in [4.69, 9.17) is 0 Å². The number of nitrogens with one attached hydrogen (secondary N) is 2. The molecule has 0 bridgehead atoms. The fourth-order valence-corrected chi connectivity index (χ4v) is 3.54. The lowest BCUT2D eigenvalue weighted by Crippen LogP contribution is -2.43. The first-order valence-corrected chi connectivity index (χ1v) is 8.96. The Morgan fingerprint density at radius 3 is 2.33 bits per heavy atom. The molecular weight excluding hydrogens is 307 g/mol. The van der Waals surface area contributed by atoms with E-state index in [1.165, 1.54) is 18.6 Å². The molecular formula is C19H25FN2O2. The first kappa shape index (κ1) is 16.9. The molecule has 0 spiro atoms. The van der Waals surface area contributed by atoms with Crippen molar-refractivity contribution in [2.45, 2.75) is 56.9 Å². The van der Waals surface area contributed by atoms with Gasteiger partial charge in [-0.25, -0.2) is 4.39 Å². The molecule has 2 N–H and O–H groups in total. The monoisotopic (exact) mass is 332 g/mol. The number of benzene rings is 1. The summed E-state index contributed by atoms with van der Waals surface area (Å²) in [6.45, 7) is 0.0136. The van der Waals surface area contributed by atoms with Gasteiger partial charge in [-0.2, -0.15) is 0 Å². The van der Waals surface area contributed by atoms with Gasteiger partial charge in [-0.15, -0.1) is 0 Å². The second-order valence-corrected chi connectivity index (χ2v) is 6.99. The smallest absolute Gasteiger partial charge is 0.239 e. The van der Waals surface area contributed by atoms with Gasteiger partial charge in [0.2, 0.25) is 11.8 Å². The van der Waals surface area contributed by atoms with Crippen LogP contribution >= 0.6 is 0 Å². The van der Waals surface area contributed by atoms with E-state index in [2.05, 4.69) is 10.6 Å². The minimum atomic E-state index is -0.305. The summed E-state index contributed by atoms with van der Waals surface area (Å²) in [5.74, 6) is -0.544. The van der Waals surface area contributed by atoms with Crippen LogP contribution in [0, 0.1) is 11.7 Å². The molecule has 2 amide bonds. The van der Waals surface area contributed by atoms with Gasteiger partial charge >= 0.3 is 0 Å². The molecule has 5 heteroatoms. The van der Waals surface area contributed by atoms with Crippen LogP contribution in [0.1, 0.15) is 56.4 Å². The van der Waals surface area contributed by atoms with Crippen LogP contribution in [0.15, 0.2) is 24.3 Å². The second-order valence-electron chi connectivity index (χ2n) is 6.99. The van der Waals surface area contributed by atoms with Crippen molar-refractivity contribution in [3.8, 4) is 0 Å². The quantitative estimate of drug-likeness (QED) is 0.841. The minimum Gasteiger partial charge on any atom is -0.352 e. The van der Waals surface area contributed by atoms with E-state index in [1.54, 1.807) is 12.1 Å². The summed E-state index contributed by atoms with van der Waals surface area (Å²) in [6.07, 6.45) is 7.62. The van der Waals surface area contributed by atoms with E-state index in [-0.39, 0.29) is 36.1 Å². The number of carbonyl (C=O) groups excluding carboxylic acids is 2. The van der Waals surface area contributed by atoms with Crippen LogP contribution in [-0.4, -0.2) is 24.4 Å². The normalized spacial score (nSPS) is 19.5. The summed E-state index contributed by atoms with van der Waals surface area (Å²) < 4.78 is 13.1. The maximum Gasteiger partial charge on any atom is 0.239 e. The third kappa shape index (κ3) is 4.56. The number of carbonyl (C=O) groups is 2. The Hall–Kier alpha value is -1.91. The summed E-state index contributed by atoms with van der Waals surface area (Å²) in [7, 11) is 0. The number of hydrogen-bond acceptors (Lipinski definition) is 2. The highest BCUT2D eigenvalue weighted by atomic mass is 19.1. The molecule has 0 radical (unpaired) electrons. The Morgan fingerprint density at radius 1 is 1.04 bits per heavy atom. The van der Waals surface area contributed by atoms with Crippen LogP contribution in [0.3, 0.4) is 0 Å². The summed E-state index contributed by atoms with van der Waals surface area (Å²) >= 11 is 0. The molecule has 1 unspecified atom stereocenters. The average molecular weight is 332 g/mol. The van der Waals surface area contributed by atoms with Gasteiger partial charge in [0.05, 0.1) is 12.5 Å². The molecule has 4 nitrogen and oxygen atoms in total. The van der Waals surface area contributed by atoms with E-state index in [0.717, 1.165) is 44.1 Å². The molecule has 0 aliphatic heterocycles. The minimum absolute atomic E-state index is 0.0136. The van der Waals surface area contributed by atoms with Crippen LogP contribution < -0.4 is 10.6 Å². The lowest BCUT2D eigenvalue weighted by molar-refractivity contribution is -0.127. The first-order chi connectivity index (χ1) is 11.6. The van der Waals surface area contributed by atoms with Crippen molar-refractivity contribution in [2.24, 2.45) is 5.92 Å². The second kappa shape index (κ2) is 7.77. The Morgan fingerprint density at radius 2 is 1.71 bits per heavy atom. The fraction of sp³-hybridized carbons (Fsp3) is 0.579. The predicted octanol–water partition coefficient (Wildman–Crippen LogP) is 2.88. The van der Waals surface area contributed by atoms with Gasteiger partial charge in [-0.05, 0) is 49.3 Å². The summed E-state index contributed by atoms with van der Waals surface area (Å²) in [5, 5.41) is 5.76. The van der Waals surface area contributed by atoms with E-state index in [1.807, 2.05) is 0 Å². The Kier molecular flexibility index (Phi) is 5.48. The maximum atomic E-state index is 13.1. The highest BCUT2D eigenvalue weighted by Gasteiger charge is 2.37. The van der Waals surface area contributed by atoms with Crippen molar-refractivity contribution in [2.75, 3.05) is 6.54 Å². The highest BCUT2D eigenvalue weighted by Crippen LogP contribution is 2.42. The first-order valence-electron chi connectivity index (χ1n) is 8.96. The third-order valence-electron chi connectivity index (χ3n) is 5.00. The Labute approximate surface area is 142 Å². The van der Waals surface area contributed by atoms with E-state index < -0.39 is 0 Å². The standard InChI is InChI=1S/C19H25FN2O2/c20-15-10-8-14(9-11-15)18(13-6-7-13)19(24)21-12-17(23)22-16-4-2-1-3-5-16/h8-11,13,16,18H,1-7,12H2,(H,21,24)(H,22,23). The van der Waals surface area contributed by atoms with Gasteiger partial charge in [0.15, 0.2) is 0 Å². The molecule has 0 aromatic heterocycles. The van der Waals surface area contributed by atoms with Crippen molar-refractivity contribution in [1.29, 1.82) is 0 Å². The number of hydrogen-bond donors (Lipinski definition) is 2. The zero-order chi connectivity index (χ0) is 16.9. The lowest BCUT2D eigenvalue weighted by Gasteiger charge is -2.23. The number of halogens is 1. The SMILES string of the molecule is O=C(CNC(=O)C(c1ccc(F)cc1)C1CC1)NC1CCCCC1. The largest absolute Gasteiger partial charge is 0.352 e. The average Bonchev–Trinajstić information content (AvgIpc) is 3.41. The molecule has 3 rings (SSSR count). The van der Waals surface area contributed by atoms with Crippen LogP contribution in [0.4, 0.5) is 4.39 Å². The van der Waals surface area contributed by atoms with Gasteiger partial charge in [-0.1, -0.05) is 31.4 Å². The Balaban J connectivity index is 1.52. The Bertz CT molecular complexity index is 578. The van der Waals surface area contributed by atoms with Crippen LogP contribution in [-0.2, 0) is 9.59 Å². The van der Waals surface area contributed by atoms with Gasteiger partial charge < -0.3 is 10.6 Å². The van der Waals surface area contributed by atoms with Crippen molar-refractivity contribution in [1.82, 2.24) is 10.6 Å². The molecule has 0 saturated heterocycles. The molecule has 0 heterocycles. The molecule has 130 valence electrons. The summed E-state index contributed by atoms with van der Waals surface area (Å²) in [4.78, 5) is 24.6.